The number of thiazole rings is 1. The molecule has 1 aromatic rings. The van der Waals surface area contributed by atoms with Gasteiger partial charge < -0.3 is 0 Å². The van der Waals surface area contributed by atoms with Crippen molar-refractivity contribution in [3.8, 4) is 0 Å². The molecule has 0 saturated carbocycles. The van der Waals surface area contributed by atoms with Crippen LogP contribution in [-0.4, -0.2) is 49.7 Å². The van der Waals surface area contributed by atoms with Crippen LogP contribution in [0.5, 0.6) is 0 Å². The van der Waals surface area contributed by atoms with Gasteiger partial charge in [-0.25, -0.2) is 0 Å². The normalized spacial score (nSPS) is 15.9. The second kappa shape index (κ2) is 11.0. The molecule has 1 aliphatic rings. The third kappa shape index (κ3) is 5.60. The van der Waals surface area contributed by atoms with Crippen LogP contribution in [0, 0.1) is 0 Å². The molecule has 0 bridgehead atoms. The van der Waals surface area contributed by atoms with E-state index in [1.165, 1.54) is 57.0 Å². The molecule has 0 aliphatic carbocycles. The average molecular weight is 459 g/mol. The summed E-state index contributed by atoms with van der Waals surface area (Å²) in [5.74, 6) is 0. The Labute approximate surface area is 157 Å². The van der Waals surface area contributed by atoms with Crippen molar-refractivity contribution in [3.63, 3.8) is 0 Å². The molecular weight excluding hydrogens is 423 g/mol. The number of ether oxygens (including phenoxy) is 1. The number of nitrogens with zero attached hydrogens (tertiary/aromatic N) is 2. The van der Waals surface area contributed by atoms with Crippen molar-refractivity contribution >= 4 is 37.7 Å². The summed E-state index contributed by atoms with van der Waals surface area (Å²) in [6.07, 6.45) is 10.6. The molecule has 0 radical (unpaired) electrons. The van der Waals surface area contributed by atoms with Gasteiger partial charge in [0.15, 0.2) is 0 Å². The first-order valence-corrected chi connectivity index (χ1v) is 18.3. The van der Waals surface area contributed by atoms with Crippen molar-refractivity contribution in [1.29, 1.82) is 0 Å². The third-order valence-corrected chi connectivity index (χ3v) is 24.5. The molecule has 1 aliphatic heterocycles. The van der Waals surface area contributed by atoms with Crippen LogP contribution < -0.4 is 7.79 Å². The molecule has 5 heteroatoms. The summed E-state index contributed by atoms with van der Waals surface area (Å²) >= 11 is -0.222. The van der Waals surface area contributed by atoms with Crippen LogP contribution >= 0.6 is 11.3 Å². The van der Waals surface area contributed by atoms with E-state index in [0.717, 1.165) is 26.3 Å². The molecule has 0 N–H and O–H groups in total. The van der Waals surface area contributed by atoms with Gasteiger partial charge in [0.05, 0.1) is 0 Å². The van der Waals surface area contributed by atoms with Gasteiger partial charge in [-0.15, -0.1) is 0 Å². The molecule has 2 heterocycles. The number of morpholine rings is 1. The minimum absolute atomic E-state index is 0.852. The van der Waals surface area contributed by atoms with Crippen LogP contribution in [0.25, 0.3) is 0 Å². The van der Waals surface area contributed by atoms with Gasteiger partial charge in [0.25, 0.3) is 0 Å². The molecule has 0 aromatic carbocycles. The Bertz CT molecular complexity index is 438. The fourth-order valence-corrected chi connectivity index (χ4v) is 23.4. The molecule has 1 aromatic heterocycles. The average Bonchev–Trinajstić information content (AvgIpc) is 3.13. The number of hydrogen-bond acceptors (Lipinski definition) is 4. The Morgan fingerprint density at radius 2 is 1.54 bits per heavy atom. The standard InChI is InChI=1S/C7H9N2OS.3C4H9.Sn/c1-6-11-7(8-1)9-2-4-10-5-3-9;3*1-3-4-2;/h1H,2-5H2;3*1,3-4H2,2H3;. The van der Waals surface area contributed by atoms with Gasteiger partial charge in [0.1, 0.15) is 0 Å². The van der Waals surface area contributed by atoms with E-state index in [1.54, 1.807) is 2.89 Å². The van der Waals surface area contributed by atoms with Gasteiger partial charge in [0.2, 0.25) is 0 Å². The van der Waals surface area contributed by atoms with E-state index < -0.39 is 18.4 Å². The summed E-state index contributed by atoms with van der Waals surface area (Å²) in [6.45, 7) is 10.8. The van der Waals surface area contributed by atoms with Crippen LogP contribution in [0.2, 0.25) is 13.3 Å². The molecule has 24 heavy (non-hydrogen) atoms. The van der Waals surface area contributed by atoms with Crippen LogP contribution in [0.4, 0.5) is 5.13 Å². The summed E-state index contributed by atoms with van der Waals surface area (Å²) in [4.78, 5) is 7.31. The van der Waals surface area contributed by atoms with Gasteiger partial charge >= 0.3 is 157 Å². The van der Waals surface area contributed by atoms with E-state index in [9.17, 15) is 0 Å². The Kier molecular flexibility index (Phi) is 9.41. The van der Waals surface area contributed by atoms with Crippen LogP contribution in [0.1, 0.15) is 59.3 Å². The molecule has 138 valence electrons. The van der Waals surface area contributed by atoms with Crippen molar-refractivity contribution in [1.82, 2.24) is 4.98 Å². The Morgan fingerprint density at radius 3 is 2.04 bits per heavy atom. The second-order valence-corrected chi connectivity index (χ2v) is 22.4. The molecule has 1 saturated heterocycles. The quantitative estimate of drug-likeness (QED) is 0.434. The van der Waals surface area contributed by atoms with Crippen LogP contribution in [-0.2, 0) is 4.74 Å². The van der Waals surface area contributed by atoms with Crippen molar-refractivity contribution in [2.75, 3.05) is 31.2 Å². The molecule has 2 rings (SSSR count). The SMILES string of the molecule is CCC[CH2][Sn]([CH2]CCC)([CH2]CCC)[c]1cnc(N2CCOCC2)s1. The zero-order valence-electron chi connectivity index (χ0n) is 16.0. The van der Waals surface area contributed by atoms with Crippen molar-refractivity contribution < 1.29 is 4.74 Å². The number of aromatic nitrogens is 1. The first-order chi connectivity index (χ1) is 11.8. The molecule has 3 nitrogen and oxygen atoms in total. The van der Waals surface area contributed by atoms with E-state index >= 15 is 0 Å². The van der Waals surface area contributed by atoms with E-state index in [4.69, 9.17) is 9.72 Å². The predicted molar refractivity (Wildman–Crippen MR) is 110 cm³/mol. The number of rotatable bonds is 11. The Hall–Kier alpha value is 0.189. The van der Waals surface area contributed by atoms with E-state index in [1.807, 2.05) is 0 Å². The summed E-state index contributed by atoms with van der Waals surface area (Å²) in [5.41, 5.74) is 0. The van der Waals surface area contributed by atoms with E-state index in [-0.39, 0.29) is 0 Å². The summed E-state index contributed by atoms with van der Waals surface area (Å²) < 4.78 is 11.9. The van der Waals surface area contributed by atoms with Gasteiger partial charge in [-0.2, -0.15) is 0 Å². The van der Waals surface area contributed by atoms with Crippen LogP contribution in [0.15, 0.2) is 6.20 Å². The van der Waals surface area contributed by atoms with Gasteiger partial charge in [-0.3, -0.25) is 0 Å². The van der Waals surface area contributed by atoms with Gasteiger partial charge in [0, 0.05) is 0 Å². The fraction of sp³-hybridized carbons (Fsp3) is 0.842. The fourth-order valence-electron chi connectivity index (χ4n) is 3.70. The van der Waals surface area contributed by atoms with Crippen molar-refractivity contribution in [2.45, 2.75) is 72.6 Å². The minimum atomic E-state index is -2.27. The van der Waals surface area contributed by atoms with Crippen molar-refractivity contribution in [3.05, 3.63) is 6.20 Å². The maximum absolute atomic E-state index is 5.50. The molecular formula is C19H36N2OSSn. The Balaban J connectivity index is 2.20. The van der Waals surface area contributed by atoms with E-state index in [2.05, 4.69) is 43.2 Å². The first kappa shape index (κ1) is 20.5. The molecule has 0 unspecified atom stereocenters. The first-order valence-electron chi connectivity index (χ1n) is 10.0. The topological polar surface area (TPSA) is 25.4 Å². The predicted octanol–water partition coefficient (Wildman–Crippen LogP) is 5.04. The summed E-state index contributed by atoms with van der Waals surface area (Å²) in [6, 6.07) is 0. The number of hydrogen-bond donors (Lipinski definition) is 0. The van der Waals surface area contributed by atoms with Gasteiger partial charge in [-0.05, 0) is 0 Å². The van der Waals surface area contributed by atoms with Crippen molar-refractivity contribution in [2.24, 2.45) is 0 Å². The summed E-state index contributed by atoms with van der Waals surface area (Å²) in [7, 11) is 0. The Morgan fingerprint density at radius 1 is 1.00 bits per heavy atom. The second-order valence-electron chi connectivity index (χ2n) is 7.20. The molecule has 1 fully saturated rings. The number of anilines is 1. The zero-order valence-corrected chi connectivity index (χ0v) is 19.7. The summed E-state index contributed by atoms with van der Waals surface area (Å²) in [5, 5.41) is 1.26. The molecule has 0 spiro atoms. The van der Waals surface area contributed by atoms with E-state index in [0.29, 0.717) is 0 Å². The number of unbranched alkanes of at least 4 members (excludes halogenated alkanes) is 3. The zero-order chi connectivity index (χ0) is 17.3. The van der Waals surface area contributed by atoms with Gasteiger partial charge in [-0.1, -0.05) is 0 Å². The monoisotopic (exact) mass is 460 g/mol. The maximum atomic E-state index is 5.50. The molecule has 0 amide bonds. The van der Waals surface area contributed by atoms with Crippen LogP contribution in [0.3, 0.4) is 0 Å². The third-order valence-electron chi connectivity index (χ3n) is 5.32. The molecule has 0 atom stereocenters.